The van der Waals surface area contributed by atoms with E-state index in [4.69, 9.17) is 5.11 Å². The van der Waals surface area contributed by atoms with E-state index in [1.54, 1.807) is 30.3 Å². The average molecular weight is 300 g/mol. The number of halogens is 2. The SMILES string of the molecule is O=C(O)/C=C/[C@@H]1CC1(c1cccc(F)c1)c1cccc(F)c1. The molecular formula is C18H14F2O2. The molecule has 0 amide bonds. The lowest BCUT2D eigenvalue weighted by Gasteiger charge is -2.18. The molecule has 1 aliphatic carbocycles. The summed E-state index contributed by atoms with van der Waals surface area (Å²) < 4.78 is 27.2. The molecule has 4 heteroatoms. The van der Waals surface area contributed by atoms with Gasteiger partial charge in [0.1, 0.15) is 11.6 Å². The van der Waals surface area contributed by atoms with Crippen LogP contribution in [-0.2, 0) is 10.2 Å². The van der Waals surface area contributed by atoms with Gasteiger partial charge in [0.05, 0.1) is 0 Å². The summed E-state index contributed by atoms with van der Waals surface area (Å²) in [7, 11) is 0. The van der Waals surface area contributed by atoms with Crippen molar-refractivity contribution in [2.24, 2.45) is 5.92 Å². The minimum absolute atomic E-state index is 0.0906. The number of carboxylic acids is 1. The van der Waals surface area contributed by atoms with E-state index in [0.717, 1.165) is 17.2 Å². The van der Waals surface area contributed by atoms with E-state index in [1.165, 1.54) is 24.3 Å². The Morgan fingerprint density at radius 1 is 1.09 bits per heavy atom. The Balaban J connectivity index is 2.07. The first kappa shape index (κ1) is 14.4. The standard InChI is InChI=1S/C18H14F2O2/c19-15-5-1-3-12(9-15)18(11-14(18)7-8-17(21)22)13-4-2-6-16(20)10-13/h1-10,14H,11H2,(H,21,22)/b8-7+/t14-/m1/s1. The topological polar surface area (TPSA) is 37.3 Å². The second-order valence-corrected chi connectivity index (χ2v) is 5.50. The van der Waals surface area contributed by atoms with Crippen LogP contribution in [0, 0.1) is 17.6 Å². The van der Waals surface area contributed by atoms with Crippen LogP contribution in [0.1, 0.15) is 17.5 Å². The summed E-state index contributed by atoms with van der Waals surface area (Å²) in [6.07, 6.45) is 3.31. The minimum atomic E-state index is -1.03. The molecule has 1 saturated carbocycles. The van der Waals surface area contributed by atoms with Gasteiger partial charge in [-0.1, -0.05) is 30.3 Å². The van der Waals surface area contributed by atoms with E-state index in [-0.39, 0.29) is 17.6 Å². The van der Waals surface area contributed by atoms with Crippen molar-refractivity contribution in [1.82, 2.24) is 0 Å². The quantitative estimate of drug-likeness (QED) is 0.869. The van der Waals surface area contributed by atoms with E-state index in [2.05, 4.69) is 0 Å². The summed E-state index contributed by atoms with van der Waals surface area (Å²) in [5.74, 6) is -1.84. The lowest BCUT2D eigenvalue weighted by atomic mass is 9.85. The summed E-state index contributed by atoms with van der Waals surface area (Å²) in [5.41, 5.74) is 0.909. The zero-order valence-electron chi connectivity index (χ0n) is 11.7. The summed E-state index contributed by atoms with van der Waals surface area (Å²) in [6, 6.07) is 12.4. The normalized spacial score (nSPS) is 19.3. The third-order valence-corrected chi connectivity index (χ3v) is 4.17. The second-order valence-electron chi connectivity index (χ2n) is 5.50. The number of carboxylic acid groups (broad SMARTS) is 1. The van der Waals surface area contributed by atoms with Crippen LogP contribution in [0.4, 0.5) is 8.78 Å². The van der Waals surface area contributed by atoms with Crippen LogP contribution in [-0.4, -0.2) is 11.1 Å². The summed E-state index contributed by atoms with van der Waals surface area (Å²) >= 11 is 0. The van der Waals surface area contributed by atoms with Crippen molar-refractivity contribution in [3.05, 3.63) is 83.4 Å². The predicted molar refractivity (Wildman–Crippen MR) is 78.5 cm³/mol. The van der Waals surface area contributed by atoms with E-state index in [0.29, 0.717) is 6.42 Å². The van der Waals surface area contributed by atoms with Crippen molar-refractivity contribution in [3.63, 3.8) is 0 Å². The van der Waals surface area contributed by atoms with Crippen LogP contribution >= 0.6 is 0 Å². The molecule has 2 nitrogen and oxygen atoms in total. The molecule has 1 N–H and O–H groups in total. The number of rotatable bonds is 4. The molecule has 0 saturated heterocycles. The fourth-order valence-electron chi connectivity index (χ4n) is 3.08. The highest BCUT2D eigenvalue weighted by atomic mass is 19.1. The number of hydrogen-bond acceptors (Lipinski definition) is 1. The fourth-order valence-corrected chi connectivity index (χ4v) is 3.08. The highest BCUT2D eigenvalue weighted by Gasteiger charge is 2.55. The molecular weight excluding hydrogens is 286 g/mol. The van der Waals surface area contributed by atoms with E-state index < -0.39 is 11.4 Å². The second kappa shape index (κ2) is 5.37. The van der Waals surface area contributed by atoms with Crippen molar-refractivity contribution in [3.8, 4) is 0 Å². The van der Waals surface area contributed by atoms with E-state index in [9.17, 15) is 13.6 Å². The van der Waals surface area contributed by atoms with E-state index in [1.807, 2.05) is 0 Å². The van der Waals surface area contributed by atoms with Gasteiger partial charge in [-0.25, -0.2) is 13.6 Å². The van der Waals surface area contributed by atoms with Crippen molar-refractivity contribution in [1.29, 1.82) is 0 Å². The predicted octanol–water partition coefficient (Wildman–Crippen LogP) is 3.91. The molecule has 0 radical (unpaired) electrons. The summed E-state index contributed by atoms with van der Waals surface area (Å²) in [6.45, 7) is 0. The Morgan fingerprint density at radius 3 is 2.09 bits per heavy atom. The van der Waals surface area contributed by atoms with Gasteiger partial charge in [0.25, 0.3) is 0 Å². The number of allylic oxidation sites excluding steroid dienone is 1. The molecule has 1 atom stereocenters. The highest BCUT2D eigenvalue weighted by Crippen LogP contribution is 2.59. The van der Waals surface area contributed by atoms with Crippen LogP contribution in [0.2, 0.25) is 0 Å². The minimum Gasteiger partial charge on any atom is -0.478 e. The molecule has 0 spiro atoms. The van der Waals surface area contributed by atoms with Gasteiger partial charge in [-0.3, -0.25) is 0 Å². The average Bonchev–Trinajstić information content (AvgIpc) is 3.21. The Labute approximate surface area is 126 Å². The van der Waals surface area contributed by atoms with E-state index >= 15 is 0 Å². The van der Waals surface area contributed by atoms with Crippen LogP contribution in [0.25, 0.3) is 0 Å². The molecule has 2 aromatic rings. The Bertz CT molecular complexity index is 707. The Kier molecular flexibility index (Phi) is 3.53. The lowest BCUT2D eigenvalue weighted by Crippen LogP contribution is -2.12. The van der Waals surface area contributed by atoms with Gasteiger partial charge in [-0.05, 0) is 47.7 Å². The van der Waals surface area contributed by atoms with Crippen LogP contribution in [0.3, 0.4) is 0 Å². The highest BCUT2D eigenvalue weighted by molar-refractivity contribution is 5.80. The summed E-state index contributed by atoms with van der Waals surface area (Å²) in [4.78, 5) is 10.7. The molecule has 0 aliphatic heterocycles. The largest absolute Gasteiger partial charge is 0.478 e. The maximum atomic E-state index is 13.6. The molecule has 3 rings (SSSR count). The fraction of sp³-hybridized carbons (Fsp3) is 0.167. The monoisotopic (exact) mass is 300 g/mol. The van der Waals surface area contributed by atoms with Gasteiger partial charge in [-0.15, -0.1) is 0 Å². The van der Waals surface area contributed by atoms with Gasteiger partial charge >= 0.3 is 5.97 Å². The molecule has 0 aromatic heterocycles. The zero-order chi connectivity index (χ0) is 15.7. The van der Waals surface area contributed by atoms with Gasteiger partial charge in [0.15, 0.2) is 0 Å². The maximum absolute atomic E-state index is 13.6. The van der Waals surface area contributed by atoms with Crippen LogP contribution < -0.4 is 0 Å². The van der Waals surface area contributed by atoms with Gasteiger partial charge < -0.3 is 5.11 Å². The third kappa shape index (κ3) is 2.52. The molecule has 1 aliphatic rings. The Morgan fingerprint density at radius 2 is 1.64 bits per heavy atom. The number of benzene rings is 2. The smallest absolute Gasteiger partial charge is 0.327 e. The van der Waals surface area contributed by atoms with Crippen molar-refractivity contribution >= 4 is 5.97 Å². The van der Waals surface area contributed by atoms with Gasteiger partial charge in [-0.2, -0.15) is 0 Å². The van der Waals surface area contributed by atoms with Crippen molar-refractivity contribution < 1.29 is 18.7 Å². The molecule has 1 fully saturated rings. The van der Waals surface area contributed by atoms with Gasteiger partial charge in [0.2, 0.25) is 0 Å². The van der Waals surface area contributed by atoms with Crippen LogP contribution in [0.15, 0.2) is 60.7 Å². The third-order valence-electron chi connectivity index (χ3n) is 4.17. The van der Waals surface area contributed by atoms with Gasteiger partial charge in [0, 0.05) is 11.5 Å². The van der Waals surface area contributed by atoms with Crippen molar-refractivity contribution in [2.45, 2.75) is 11.8 Å². The first-order valence-electron chi connectivity index (χ1n) is 6.95. The maximum Gasteiger partial charge on any atom is 0.327 e. The molecule has 0 heterocycles. The first-order chi connectivity index (χ1) is 10.5. The zero-order valence-corrected chi connectivity index (χ0v) is 11.7. The summed E-state index contributed by atoms with van der Waals surface area (Å²) in [5, 5.41) is 8.78. The number of aliphatic carboxylic acids is 1. The van der Waals surface area contributed by atoms with Crippen LogP contribution in [0.5, 0.6) is 0 Å². The number of hydrogen-bond donors (Lipinski definition) is 1. The molecule has 0 bridgehead atoms. The molecule has 2 aromatic carbocycles. The molecule has 22 heavy (non-hydrogen) atoms. The molecule has 112 valence electrons. The lowest BCUT2D eigenvalue weighted by molar-refractivity contribution is -0.131. The molecule has 0 unspecified atom stereocenters. The Hall–Kier alpha value is -2.49. The number of carbonyl (C=O) groups is 1. The van der Waals surface area contributed by atoms with Crippen molar-refractivity contribution in [2.75, 3.05) is 0 Å². The first-order valence-corrected chi connectivity index (χ1v) is 6.95.